The van der Waals surface area contributed by atoms with E-state index in [0.29, 0.717) is 6.54 Å². The average molecular weight is 503 g/mol. The van der Waals surface area contributed by atoms with Crippen LogP contribution in [0.1, 0.15) is 64.9 Å². The van der Waals surface area contributed by atoms with Gasteiger partial charge in [-0.1, -0.05) is 0 Å². The molecule has 7 nitrogen and oxygen atoms in total. The number of aromatic nitrogens is 2. The van der Waals surface area contributed by atoms with Crippen LogP contribution in [-0.2, 0) is 0 Å². The maximum absolute atomic E-state index is 13.9. The predicted molar refractivity (Wildman–Crippen MR) is 115 cm³/mol. The molecule has 1 aliphatic heterocycles. The number of nitrogens with zero attached hydrogens (tertiary/aromatic N) is 3. The number of alkyl halides is 5. The molecule has 13 heteroatoms. The number of thiazole rings is 1. The minimum absolute atomic E-state index is 0.0230. The van der Waals surface area contributed by atoms with Crippen molar-refractivity contribution in [2.75, 3.05) is 18.4 Å². The Morgan fingerprint density at radius 3 is 2.59 bits per heavy atom. The number of nitrogens with one attached hydrogen (secondary N) is 2. The van der Waals surface area contributed by atoms with Crippen molar-refractivity contribution in [2.24, 2.45) is 0 Å². The van der Waals surface area contributed by atoms with Crippen molar-refractivity contribution in [2.45, 2.75) is 57.3 Å². The molecule has 1 saturated carbocycles. The van der Waals surface area contributed by atoms with Crippen LogP contribution < -0.4 is 10.6 Å². The summed E-state index contributed by atoms with van der Waals surface area (Å²) in [5.74, 6) is -1.37. The van der Waals surface area contributed by atoms with Crippen LogP contribution in [-0.4, -0.2) is 58.0 Å². The number of amides is 2. The number of pyridine rings is 1. The molecule has 1 atom stereocenters. The van der Waals surface area contributed by atoms with E-state index in [2.05, 4.69) is 15.3 Å². The van der Waals surface area contributed by atoms with Gasteiger partial charge in [-0.3, -0.25) is 9.59 Å². The molecule has 2 aromatic rings. The minimum atomic E-state index is -4.56. The molecule has 2 fully saturated rings. The van der Waals surface area contributed by atoms with Crippen molar-refractivity contribution in [3.63, 3.8) is 0 Å². The molecule has 1 unspecified atom stereocenters. The van der Waals surface area contributed by atoms with E-state index >= 15 is 0 Å². The maximum Gasteiger partial charge on any atom is 0.405 e. The third-order valence-electron chi connectivity index (χ3n) is 5.64. The number of carbonyl (C=O) groups excluding carboxylic acids is 2. The lowest BCUT2D eigenvalue weighted by atomic mass is 10.1. The third kappa shape index (κ3) is 5.45. The van der Waals surface area contributed by atoms with Crippen LogP contribution in [0.4, 0.5) is 27.8 Å². The highest BCUT2D eigenvalue weighted by Crippen LogP contribution is 2.39. The summed E-state index contributed by atoms with van der Waals surface area (Å²) in [6.45, 7) is 0.899. The van der Waals surface area contributed by atoms with Gasteiger partial charge >= 0.3 is 6.18 Å². The minimum Gasteiger partial charge on any atom is -0.361 e. The summed E-state index contributed by atoms with van der Waals surface area (Å²) in [5, 5.41) is 4.69. The molecule has 0 aromatic carbocycles. The van der Waals surface area contributed by atoms with Crippen LogP contribution in [0, 0.1) is 0 Å². The normalized spacial score (nSPS) is 18.4. The first kappa shape index (κ1) is 24.3. The van der Waals surface area contributed by atoms with E-state index in [9.17, 15) is 31.5 Å². The molecular weight excluding hydrogens is 481 g/mol. The van der Waals surface area contributed by atoms with Crippen LogP contribution in [0.15, 0.2) is 12.3 Å². The topological polar surface area (TPSA) is 87.2 Å². The maximum atomic E-state index is 13.9. The molecule has 1 saturated heterocycles. The highest BCUT2D eigenvalue weighted by molar-refractivity contribution is 7.17. The number of hydrogen-bond donors (Lipinski definition) is 2. The second-order valence-corrected chi connectivity index (χ2v) is 9.36. The first-order chi connectivity index (χ1) is 16.0. The lowest BCUT2D eigenvalue weighted by Gasteiger charge is -2.21. The zero-order chi connectivity index (χ0) is 24.6. The summed E-state index contributed by atoms with van der Waals surface area (Å²) in [5.41, 5.74) is -0.897. The van der Waals surface area contributed by atoms with Gasteiger partial charge in [-0.25, -0.2) is 18.7 Å². The third-order valence-corrected chi connectivity index (χ3v) is 6.72. The van der Waals surface area contributed by atoms with Gasteiger partial charge in [0.15, 0.2) is 5.01 Å². The fourth-order valence-electron chi connectivity index (χ4n) is 3.72. The Hall–Kier alpha value is -2.83. The monoisotopic (exact) mass is 503 g/mol. The molecule has 4 rings (SSSR count). The Morgan fingerprint density at radius 2 is 2.00 bits per heavy atom. The molecule has 1 aliphatic carbocycles. The molecule has 184 valence electrons. The van der Waals surface area contributed by atoms with E-state index in [0.717, 1.165) is 49.3 Å². The highest BCUT2D eigenvalue weighted by Gasteiger charge is 2.34. The highest BCUT2D eigenvalue weighted by atomic mass is 32.1. The molecular formula is C21H22F5N5O2S. The van der Waals surface area contributed by atoms with Gasteiger partial charge in [-0.15, -0.1) is 11.3 Å². The van der Waals surface area contributed by atoms with Crippen molar-refractivity contribution in [1.29, 1.82) is 0 Å². The van der Waals surface area contributed by atoms with E-state index in [1.807, 2.05) is 12.2 Å². The molecule has 2 amide bonds. The van der Waals surface area contributed by atoms with Crippen molar-refractivity contribution < 1.29 is 31.5 Å². The van der Waals surface area contributed by atoms with E-state index in [1.165, 1.54) is 0 Å². The Bertz CT molecular complexity index is 1090. The van der Waals surface area contributed by atoms with E-state index in [-0.39, 0.29) is 39.0 Å². The second-order valence-electron chi connectivity index (χ2n) is 8.36. The SMILES string of the molecule is CC1CCCN1C(=O)c1nc(C(=O)NC2CC2)sc1-c1cnc(NCC(F)(F)F)cc1C(F)F. The smallest absolute Gasteiger partial charge is 0.361 e. The van der Waals surface area contributed by atoms with Crippen molar-refractivity contribution in [3.05, 3.63) is 28.5 Å². The molecule has 0 radical (unpaired) electrons. The molecule has 2 N–H and O–H groups in total. The molecule has 34 heavy (non-hydrogen) atoms. The first-order valence-corrected chi connectivity index (χ1v) is 11.6. The first-order valence-electron chi connectivity index (χ1n) is 10.7. The number of rotatable bonds is 7. The van der Waals surface area contributed by atoms with Crippen LogP contribution in [0.5, 0.6) is 0 Å². The van der Waals surface area contributed by atoms with Gasteiger partial charge in [0.2, 0.25) is 0 Å². The predicted octanol–water partition coefficient (Wildman–Crippen LogP) is 4.63. The second kappa shape index (κ2) is 9.43. The Kier molecular flexibility index (Phi) is 6.74. The largest absolute Gasteiger partial charge is 0.405 e. The summed E-state index contributed by atoms with van der Waals surface area (Å²) < 4.78 is 65.4. The zero-order valence-corrected chi connectivity index (χ0v) is 18.9. The summed E-state index contributed by atoms with van der Waals surface area (Å²) in [7, 11) is 0. The number of hydrogen-bond acceptors (Lipinski definition) is 6. The van der Waals surface area contributed by atoms with E-state index in [4.69, 9.17) is 0 Å². The molecule has 2 aromatic heterocycles. The molecule has 0 bridgehead atoms. The van der Waals surface area contributed by atoms with Crippen molar-refractivity contribution >= 4 is 29.0 Å². The fourth-order valence-corrected chi connectivity index (χ4v) is 4.71. The van der Waals surface area contributed by atoms with Crippen molar-refractivity contribution in [1.82, 2.24) is 20.2 Å². The van der Waals surface area contributed by atoms with Gasteiger partial charge in [0.25, 0.3) is 18.2 Å². The lowest BCUT2D eigenvalue weighted by Crippen LogP contribution is -2.34. The number of anilines is 1. The summed E-state index contributed by atoms with van der Waals surface area (Å²) in [6.07, 6.45) is -3.42. The Morgan fingerprint density at radius 1 is 1.26 bits per heavy atom. The molecule has 3 heterocycles. The van der Waals surface area contributed by atoms with Gasteiger partial charge in [0.05, 0.1) is 4.88 Å². The van der Waals surface area contributed by atoms with Gasteiger partial charge in [-0.2, -0.15) is 13.2 Å². The fraction of sp³-hybridized carbons (Fsp3) is 0.524. The average Bonchev–Trinajstić information content (AvgIpc) is 3.30. The molecule has 0 spiro atoms. The van der Waals surface area contributed by atoms with Gasteiger partial charge in [0.1, 0.15) is 18.1 Å². The number of likely N-dealkylation sites (tertiary alicyclic amines) is 1. The summed E-state index contributed by atoms with van der Waals surface area (Å²) in [6, 6.07) is 0.768. The van der Waals surface area contributed by atoms with Crippen LogP contribution in [0.3, 0.4) is 0 Å². The van der Waals surface area contributed by atoms with Gasteiger partial charge in [0, 0.05) is 36.0 Å². The lowest BCUT2D eigenvalue weighted by molar-refractivity contribution is -0.115. The molecule has 2 aliphatic rings. The Labute approximate surface area is 195 Å². The van der Waals surface area contributed by atoms with E-state index < -0.39 is 36.5 Å². The van der Waals surface area contributed by atoms with Gasteiger partial charge in [-0.05, 0) is 38.7 Å². The standard InChI is InChI=1S/C21H22F5N5O2S/c1-10-3-2-6-31(10)20(33)15-16(34-19(30-15)18(32)29-11-4-5-11)13-8-27-14(7-12(13)17(22)23)28-9-21(24,25)26/h7-8,10-11,17H,2-6,9H2,1H3,(H,27,28)(H,29,32). The van der Waals surface area contributed by atoms with Crippen LogP contribution >= 0.6 is 11.3 Å². The summed E-state index contributed by atoms with van der Waals surface area (Å²) in [4.78, 5) is 35.5. The number of carbonyl (C=O) groups is 2. The van der Waals surface area contributed by atoms with Crippen LogP contribution in [0.25, 0.3) is 10.4 Å². The zero-order valence-electron chi connectivity index (χ0n) is 18.1. The quantitative estimate of drug-likeness (QED) is 0.538. The Balaban J connectivity index is 1.74. The van der Waals surface area contributed by atoms with Crippen LogP contribution in [0.2, 0.25) is 0 Å². The number of halogens is 5. The summed E-state index contributed by atoms with van der Waals surface area (Å²) >= 11 is 0.789. The van der Waals surface area contributed by atoms with Gasteiger partial charge < -0.3 is 15.5 Å². The van der Waals surface area contributed by atoms with E-state index in [1.54, 1.807) is 4.90 Å². The van der Waals surface area contributed by atoms with Crippen molar-refractivity contribution in [3.8, 4) is 10.4 Å².